The van der Waals surface area contributed by atoms with Crippen molar-refractivity contribution in [3.8, 4) is 5.75 Å². The fraction of sp³-hybridized carbons (Fsp3) is 0.409. The van der Waals surface area contributed by atoms with Crippen LogP contribution in [0.25, 0.3) is 6.08 Å². The summed E-state index contributed by atoms with van der Waals surface area (Å²) >= 11 is 0. The van der Waals surface area contributed by atoms with Crippen LogP contribution in [-0.2, 0) is 4.79 Å². The second kappa shape index (κ2) is 11.2. The van der Waals surface area contributed by atoms with Crippen LogP contribution in [0.1, 0.15) is 37.8 Å². The van der Waals surface area contributed by atoms with Gasteiger partial charge < -0.3 is 14.5 Å². The normalized spacial score (nSPS) is 11.3. The van der Waals surface area contributed by atoms with E-state index in [1.807, 2.05) is 25.1 Å². The van der Waals surface area contributed by atoms with Gasteiger partial charge in [-0.1, -0.05) is 19.9 Å². The Morgan fingerprint density at radius 2 is 1.96 bits per heavy atom. The highest BCUT2D eigenvalue weighted by molar-refractivity contribution is 6.02. The first-order valence-corrected chi connectivity index (χ1v) is 9.59. The number of benzene rings is 1. The van der Waals surface area contributed by atoms with E-state index in [0.29, 0.717) is 6.61 Å². The average molecular weight is 370 g/mol. The minimum absolute atomic E-state index is 0.192. The van der Waals surface area contributed by atoms with Gasteiger partial charge in [-0.15, -0.1) is 0 Å². The monoisotopic (exact) mass is 370 g/mol. The quantitative estimate of drug-likeness (QED) is 0.581. The smallest absolute Gasteiger partial charge is 0.248 e. The number of furan rings is 1. The minimum Gasteiger partial charge on any atom is -0.492 e. The Labute approximate surface area is 162 Å². The molecular weight excluding hydrogens is 340 g/mol. The van der Waals surface area contributed by atoms with Crippen molar-refractivity contribution in [1.82, 2.24) is 4.90 Å². The Morgan fingerprint density at radius 1 is 1.19 bits per heavy atom. The fourth-order valence-corrected chi connectivity index (χ4v) is 2.81. The minimum atomic E-state index is -0.192. The van der Waals surface area contributed by atoms with E-state index >= 15 is 0 Å². The van der Waals surface area contributed by atoms with E-state index in [1.54, 1.807) is 24.7 Å². The first kappa shape index (κ1) is 20.8. The maximum atomic E-state index is 12.1. The maximum Gasteiger partial charge on any atom is 0.248 e. The molecule has 1 amide bonds. The lowest BCUT2D eigenvalue weighted by Gasteiger charge is -2.21. The molecule has 1 N–H and O–H groups in total. The molecule has 0 radical (unpaired) electrons. The summed E-state index contributed by atoms with van der Waals surface area (Å²) in [7, 11) is 0. The fourth-order valence-electron chi connectivity index (χ4n) is 2.81. The van der Waals surface area contributed by atoms with Gasteiger partial charge >= 0.3 is 0 Å². The Balaban J connectivity index is 1.89. The van der Waals surface area contributed by atoms with Crippen molar-refractivity contribution >= 4 is 17.7 Å². The lowest BCUT2D eigenvalue weighted by molar-refractivity contribution is -0.111. The first-order valence-electron chi connectivity index (χ1n) is 9.59. The number of hydrogen-bond acceptors (Lipinski definition) is 4. The Hall–Kier alpha value is -2.53. The van der Waals surface area contributed by atoms with E-state index in [1.165, 1.54) is 6.08 Å². The number of carbonyl (C=O) groups is 1. The third kappa shape index (κ3) is 7.31. The number of amides is 1. The van der Waals surface area contributed by atoms with Gasteiger partial charge in [-0.25, -0.2) is 0 Å². The highest BCUT2D eigenvalue weighted by Crippen LogP contribution is 2.23. The summed E-state index contributed by atoms with van der Waals surface area (Å²) < 4.78 is 11.0. The molecule has 0 saturated heterocycles. The second-order valence-electron chi connectivity index (χ2n) is 6.55. The lowest BCUT2D eigenvalue weighted by Crippen LogP contribution is -2.30. The van der Waals surface area contributed by atoms with Crippen LogP contribution in [0.5, 0.6) is 5.75 Å². The van der Waals surface area contributed by atoms with Gasteiger partial charge in [0, 0.05) is 29.9 Å². The number of rotatable bonds is 11. The standard InChI is InChI=1S/C22H30N2O3/c1-4-11-24(12-5-2)13-15-27-21-16-20(8-6-18(21)3)23-22(25)9-7-19-10-14-26-17-19/h6-10,14,16-17H,4-5,11-13,15H2,1-3H3,(H,23,25). The molecule has 0 saturated carbocycles. The van der Waals surface area contributed by atoms with E-state index in [-0.39, 0.29) is 5.91 Å². The number of hydrogen-bond donors (Lipinski definition) is 1. The first-order chi connectivity index (χ1) is 13.1. The van der Waals surface area contributed by atoms with Crippen molar-refractivity contribution in [2.75, 3.05) is 31.6 Å². The van der Waals surface area contributed by atoms with Crippen LogP contribution >= 0.6 is 0 Å². The zero-order valence-electron chi connectivity index (χ0n) is 16.5. The second-order valence-corrected chi connectivity index (χ2v) is 6.55. The number of aryl methyl sites for hydroxylation is 1. The largest absolute Gasteiger partial charge is 0.492 e. The predicted molar refractivity (Wildman–Crippen MR) is 110 cm³/mol. The summed E-state index contributed by atoms with van der Waals surface area (Å²) in [5, 5.41) is 2.87. The number of nitrogens with one attached hydrogen (secondary N) is 1. The molecule has 1 heterocycles. The number of carbonyl (C=O) groups excluding carboxylic acids is 1. The average Bonchev–Trinajstić information content (AvgIpc) is 3.16. The lowest BCUT2D eigenvalue weighted by atomic mass is 10.2. The van der Waals surface area contributed by atoms with Gasteiger partial charge in [0.1, 0.15) is 12.4 Å². The Kier molecular flexibility index (Phi) is 8.65. The summed E-state index contributed by atoms with van der Waals surface area (Å²) in [6, 6.07) is 7.51. The van der Waals surface area contributed by atoms with Crippen LogP contribution in [0.4, 0.5) is 5.69 Å². The number of ether oxygens (including phenoxy) is 1. The van der Waals surface area contributed by atoms with E-state index in [2.05, 4.69) is 24.1 Å². The molecule has 0 unspecified atom stereocenters. The van der Waals surface area contributed by atoms with Gasteiger partial charge in [-0.2, -0.15) is 0 Å². The Morgan fingerprint density at radius 3 is 2.63 bits per heavy atom. The van der Waals surface area contributed by atoms with Crippen LogP contribution in [0.3, 0.4) is 0 Å². The van der Waals surface area contributed by atoms with E-state index < -0.39 is 0 Å². The molecule has 5 nitrogen and oxygen atoms in total. The van der Waals surface area contributed by atoms with Crippen LogP contribution in [0.2, 0.25) is 0 Å². The summed E-state index contributed by atoms with van der Waals surface area (Å²) in [5.74, 6) is 0.614. The zero-order valence-corrected chi connectivity index (χ0v) is 16.5. The van der Waals surface area contributed by atoms with E-state index in [0.717, 1.165) is 55.0 Å². The molecule has 0 fully saturated rings. The summed E-state index contributed by atoms with van der Waals surface area (Å²) in [6.45, 7) is 10.1. The molecule has 1 aromatic carbocycles. The summed E-state index contributed by atoms with van der Waals surface area (Å²) in [6.07, 6.45) is 8.64. The molecule has 0 aliphatic heterocycles. The van der Waals surface area contributed by atoms with Crippen molar-refractivity contribution in [3.63, 3.8) is 0 Å². The molecule has 0 atom stereocenters. The van der Waals surface area contributed by atoms with Crippen LogP contribution in [0.15, 0.2) is 47.3 Å². The summed E-state index contributed by atoms with van der Waals surface area (Å²) in [5.41, 5.74) is 2.62. The topological polar surface area (TPSA) is 54.7 Å². The van der Waals surface area contributed by atoms with Crippen molar-refractivity contribution in [2.24, 2.45) is 0 Å². The predicted octanol–water partition coefficient (Wildman–Crippen LogP) is 4.74. The number of nitrogens with zero attached hydrogens (tertiary/aromatic N) is 1. The van der Waals surface area contributed by atoms with Crippen LogP contribution < -0.4 is 10.1 Å². The molecule has 2 rings (SSSR count). The van der Waals surface area contributed by atoms with Gasteiger partial charge in [0.25, 0.3) is 0 Å². The summed E-state index contributed by atoms with van der Waals surface area (Å²) in [4.78, 5) is 14.5. The molecule has 2 aromatic rings. The molecule has 1 aromatic heterocycles. The molecule has 0 spiro atoms. The van der Waals surface area contributed by atoms with Crippen molar-refractivity contribution in [1.29, 1.82) is 0 Å². The highest BCUT2D eigenvalue weighted by atomic mass is 16.5. The zero-order chi connectivity index (χ0) is 19.5. The van der Waals surface area contributed by atoms with Crippen molar-refractivity contribution < 1.29 is 13.9 Å². The molecule has 27 heavy (non-hydrogen) atoms. The van der Waals surface area contributed by atoms with Gasteiger partial charge in [0.2, 0.25) is 5.91 Å². The van der Waals surface area contributed by atoms with Gasteiger partial charge in [0.05, 0.1) is 12.5 Å². The molecule has 0 bridgehead atoms. The third-order valence-corrected chi connectivity index (χ3v) is 4.17. The van der Waals surface area contributed by atoms with Crippen LogP contribution in [-0.4, -0.2) is 37.0 Å². The molecule has 0 aliphatic rings. The molecule has 146 valence electrons. The Bertz CT molecular complexity index is 717. The molecule has 5 heteroatoms. The van der Waals surface area contributed by atoms with Crippen molar-refractivity contribution in [3.05, 3.63) is 54.0 Å². The van der Waals surface area contributed by atoms with Crippen LogP contribution in [0, 0.1) is 6.92 Å². The molecule has 0 aliphatic carbocycles. The SMILES string of the molecule is CCCN(CCC)CCOc1cc(NC(=O)C=Cc2ccoc2)ccc1C. The number of anilines is 1. The molecular formula is C22H30N2O3. The maximum absolute atomic E-state index is 12.1. The van der Waals surface area contributed by atoms with Gasteiger partial charge in [-0.3, -0.25) is 9.69 Å². The van der Waals surface area contributed by atoms with E-state index in [4.69, 9.17) is 9.15 Å². The highest BCUT2D eigenvalue weighted by Gasteiger charge is 2.06. The van der Waals surface area contributed by atoms with Crippen molar-refractivity contribution in [2.45, 2.75) is 33.6 Å². The van der Waals surface area contributed by atoms with Gasteiger partial charge in [0.15, 0.2) is 0 Å². The van der Waals surface area contributed by atoms with Gasteiger partial charge in [-0.05, 0) is 56.6 Å². The van der Waals surface area contributed by atoms with E-state index in [9.17, 15) is 4.79 Å². The third-order valence-electron chi connectivity index (χ3n) is 4.17.